The van der Waals surface area contributed by atoms with E-state index in [0.29, 0.717) is 0 Å². The average molecular weight is 802 g/mol. The highest BCUT2D eigenvalue weighted by molar-refractivity contribution is 6.22. The number of hydrogen-bond acceptors (Lipinski definition) is 1. The van der Waals surface area contributed by atoms with Crippen molar-refractivity contribution in [1.29, 1.82) is 0 Å². The molecule has 1 aliphatic rings. The Morgan fingerprint density at radius 1 is 0.302 bits per heavy atom. The van der Waals surface area contributed by atoms with Crippen LogP contribution in [-0.4, -0.2) is 0 Å². The topological polar surface area (TPSA) is 3.24 Å². The molecule has 0 radical (unpaired) electrons. The van der Waals surface area contributed by atoms with Crippen LogP contribution in [0.4, 0.5) is 17.1 Å². The van der Waals surface area contributed by atoms with Gasteiger partial charge in [-0.2, -0.15) is 0 Å². The fraction of sp³-hybridized carbons (Fsp3) is 0.0323. The third kappa shape index (κ3) is 6.00. The van der Waals surface area contributed by atoms with E-state index >= 15 is 0 Å². The normalized spacial score (nSPS) is 14.2. The molecule has 0 aromatic heterocycles. The second-order valence-electron chi connectivity index (χ2n) is 17.0. The molecule has 0 N–H and O–H groups in total. The molecule has 0 fully saturated rings. The van der Waals surface area contributed by atoms with Crippen LogP contribution in [0, 0.1) is 0 Å². The van der Waals surface area contributed by atoms with Crippen LogP contribution in [-0.2, 0) is 5.41 Å². The molecule has 0 bridgehead atoms. The zero-order valence-corrected chi connectivity index (χ0v) is 35.0. The fourth-order valence-corrected chi connectivity index (χ4v) is 10.5. The van der Waals surface area contributed by atoms with Gasteiger partial charge in [-0.15, -0.1) is 0 Å². The summed E-state index contributed by atoms with van der Waals surface area (Å²) in [7, 11) is 0. The molecule has 0 saturated heterocycles. The molecule has 296 valence electrons. The fourth-order valence-electron chi connectivity index (χ4n) is 10.5. The van der Waals surface area contributed by atoms with E-state index in [1.54, 1.807) is 0 Å². The van der Waals surface area contributed by atoms with Crippen molar-refractivity contribution in [3.8, 4) is 44.5 Å². The maximum atomic E-state index is 2.47. The number of rotatable bonds is 7. The number of fused-ring (bicyclic) bond motifs is 7. The highest BCUT2D eigenvalue weighted by Crippen LogP contribution is 2.54. The maximum absolute atomic E-state index is 2.47. The van der Waals surface area contributed by atoms with E-state index in [2.05, 4.69) is 254 Å². The molecular formula is C62H43N. The molecule has 0 spiro atoms. The zero-order valence-electron chi connectivity index (χ0n) is 35.0. The minimum Gasteiger partial charge on any atom is -0.310 e. The molecule has 0 amide bonds. The van der Waals surface area contributed by atoms with Gasteiger partial charge >= 0.3 is 0 Å². The molecule has 12 rings (SSSR count). The lowest BCUT2D eigenvalue weighted by molar-refractivity contribution is 0.714. The van der Waals surface area contributed by atoms with E-state index in [4.69, 9.17) is 0 Å². The smallest absolute Gasteiger partial charge is 0.0468 e. The second kappa shape index (κ2) is 14.9. The standard InChI is InChI=1S/C62H43N/c1-62(48-25-9-4-10-26-48)58-31-16-15-29-54(58)56-40-51(35-37-59(56)62)63(49-27-17-24-46(39-49)47-33-32-42-18-11-12-23-45(42)38-47)50-34-36-53-52-28-13-14-30-55(52)60(43-19-5-2-6-20-43)61(57(53)41-50)44-21-7-3-8-22-44/h2-41H,1H3. The van der Waals surface area contributed by atoms with Gasteiger partial charge in [0.2, 0.25) is 0 Å². The summed E-state index contributed by atoms with van der Waals surface area (Å²) in [5.41, 5.74) is 16.8. The summed E-state index contributed by atoms with van der Waals surface area (Å²) in [4.78, 5) is 2.47. The van der Waals surface area contributed by atoms with Crippen LogP contribution in [0.15, 0.2) is 243 Å². The minimum absolute atomic E-state index is 0.283. The number of anilines is 3. The van der Waals surface area contributed by atoms with Crippen molar-refractivity contribution in [1.82, 2.24) is 0 Å². The van der Waals surface area contributed by atoms with E-state index < -0.39 is 0 Å². The first-order valence-electron chi connectivity index (χ1n) is 21.9. The van der Waals surface area contributed by atoms with Gasteiger partial charge in [-0.25, -0.2) is 0 Å². The van der Waals surface area contributed by atoms with Crippen LogP contribution in [0.25, 0.3) is 76.8 Å². The predicted molar refractivity (Wildman–Crippen MR) is 267 cm³/mol. The van der Waals surface area contributed by atoms with Crippen LogP contribution in [0.3, 0.4) is 0 Å². The highest BCUT2D eigenvalue weighted by atomic mass is 15.1. The summed E-state index contributed by atoms with van der Waals surface area (Å²) in [5.74, 6) is 0. The zero-order chi connectivity index (χ0) is 41.9. The summed E-state index contributed by atoms with van der Waals surface area (Å²) in [5, 5.41) is 7.43. The van der Waals surface area contributed by atoms with Crippen LogP contribution in [0.5, 0.6) is 0 Å². The van der Waals surface area contributed by atoms with Crippen LogP contribution >= 0.6 is 0 Å². The second-order valence-corrected chi connectivity index (χ2v) is 17.0. The van der Waals surface area contributed by atoms with E-state index in [1.807, 2.05) is 0 Å². The monoisotopic (exact) mass is 801 g/mol. The summed E-state index contributed by atoms with van der Waals surface area (Å²) in [6.07, 6.45) is 0. The van der Waals surface area contributed by atoms with Gasteiger partial charge in [-0.3, -0.25) is 0 Å². The van der Waals surface area contributed by atoms with Gasteiger partial charge in [-0.1, -0.05) is 200 Å². The lowest BCUT2D eigenvalue weighted by Gasteiger charge is -2.30. The quantitative estimate of drug-likeness (QED) is 0.145. The van der Waals surface area contributed by atoms with E-state index in [-0.39, 0.29) is 5.41 Å². The molecule has 0 saturated carbocycles. The molecule has 1 atom stereocenters. The third-order valence-electron chi connectivity index (χ3n) is 13.5. The summed E-state index contributed by atoms with van der Waals surface area (Å²) >= 11 is 0. The third-order valence-corrected chi connectivity index (χ3v) is 13.5. The van der Waals surface area contributed by atoms with Crippen molar-refractivity contribution in [2.45, 2.75) is 12.3 Å². The molecule has 1 nitrogen and oxygen atoms in total. The Morgan fingerprint density at radius 2 is 0.841 bits per heavy atom. The van der Waals surface area contributed by atoms with Crippen molar-refractivity contribution in [3.63, 3.8) is 0 Å². The summed E-state index contributed by atoms with van der Waals surface area (Å²) in [6.45, 7) is 2.39. The molecule has 1 aliphatic carbocycles. The molecule has 11 aromatic carbocycles. The Hall–Kier alpha value is -8.00. The van der Waals surface area contributed by atoms with Crippen LogP contribution in [0.1, 0.15) is 23.6 Å². The first-order chi connectivity index (χ1) is 31.1. The Bertz CT molecular complexity index is 3520. The molecule has 63 heavy (non-hydrogen) atoms. The largest absolute Gasteiger partial charge is 0.310 e. The highest BCUT2D eigenvalue weighted by Gasteiger charge is 2.41. The molecule has 11 aromatic rings. The van der Waals surface area contributed by atoms with Gasteiger partial charge in [-0.05, 0) is 143 Å². The lowest BCUT2D eigenvalue weighted by Crippen LogP contribution is -2.22. The van der Waals surface area contributed by atoms with Crippen molar-refractivity contribution in [2.24, 2.45) is 0 Å². The Balaban J connectivity index is 1.13. The average Bonchev–Trinajstić information content (AvgIpc) is 3.62. The van der Waals surface area contributed by atoms with Crippen LogP contribution < -0.4 is 4.90 Å². The summed E-state index contributed by atoms with van der Waals surface area (Å²) < 4.78 is 0. The van der Waals surface area contributed by atoms with Crippen molar-refractivity contribution < 1.29 is 0 Å². The van der Waals surface area contributed by atoms with Gasteiger partial charge in [0.25, 0.3) is 0 Å². The van der Waals surface area contributed by atoms with E-state index in [1.165, 1.54) is 93.5 Å². The van der Waals surface area contributed by atoms with Crippen LogP contribution in [0.2, 0.25) is 0 Å². The molecular weight excluding hydrogens is 759 g/mol. The number of benzene rings is 11. The minimum atomic E-state index is -0.283. The van der Waals surface area contributed by atoms with E-state index in [9.17, 15) is 0 Å². The van der Waals surface area contributed by atoms with Gasteiger partial charge < -0.3 is 4.90 Å². The van der Waals surface area contributed by atoms with Crippen molar-refractivity contribution >= 4 is 49.4 Å². The van der Waals surface area contributed by atoms with Gasteiger partial charge in [0, 0.05) is 22.5 Å². The first kappa shape index (κ1) is 36.8. The predicted octanol–water partition coefficient (Wildman–Crippen LogP) is 17.0. The molecule has 1 unspecified atom stereocenters. The van der Waals surface area contributed by atoms with Crippen molar-refractivity contribution in [3.05, 3.63) is 259 Å². The number of nitrogens with zero attached hydrogens (tertiary/aromatic N) is 1. The lowest BCUT2D eigenvalue weighted by atomic mass is 9.74. The van der Waals surface area contributed by atoms with Gasteiger partial charge in [0.15, 0.2) is 0 Å². The maximum Gasteiger partial charge on any atom is 0.0468 e. The first-order valence-corrected chi connectivity index (χ1v) is 21.9. The number of hydrogen-bond donors (Lipinski definition) is 0. The van der Waals surface area contributed by atoms with E-state index in [0.717, 1.165) is 17.1 Å². The van der Waals surface area contributed by atoms with Gasteiger partial charge in [0.05, 0.1) is 0 Å². The van der Waals surface area contributed by atoms with Gasteiger partial charge in [0.1, 0.15) is 0 Å². The Morgan fingerprint density at radius 3 is 1.62 bits per heavy atom. The molecule has 1 heteroatoms. The molecule has 0 aliphatic heterocycles. The van der Waals surface area contributed by atoms with Crippen molar-refractivity contribution in [2.75, 3.05) is 4.90 Å². The Labute approximate surface area is 368 Å². The molecule has 0 heterocycles. The SMILES string of the molecule is CC1(c2ccccc2)c2ccccc2-c2cc(N(c3cccc(-c4ccc5ccccc5c4)c3)c3ccc4c(c3)c(-c3ccccc3)c(-c3ccccc3)c3ccccc34)ccc21. The Kier molecular flexibility index (Phi) is 8.69. The summed E-state index contributed by atoms with van der Waals surface area (Å²) in [6, 6.07) is 89.5.